The fourth-order valence-corrected chi connectivity index (χ4v) is 1.03. The molecule has 0 aromatic heterocycles. The van der Waals surface area contributed by atoms with Crippen molar-refractivity contribution in [1.29, 1.82) is 0 Å². The SMILES string of the molecule is CNCCCC(NC)C(C)=O. The van der Waals surface area contributed by atoms with Crippen molar-refractivity contribution in [3.63, 3.8) is 0 Å². The van der Waals surface area contributed by atoms with Crippen molar-refractivity contribution in [3.8, 4) is 0 Å². The molecule has 0 amide bonds. The maximum Gasteiger partial charge on any atom is 0.146 e. The van der Waals surface area contributed by atoms with Crippen LogP contribution in [-0.4, -0.2) is 32.5 Å². The molecular weight excluding hydrogens is 140 g/mol. The van der Waals surface area contributed by atoms with Crippen molar-refractivity contribution < 1.29 is 4.79 Å². The van der Waals surface area contributed by atoms with Crippen LogP contribution in [0.15, 0.2) is 0 Å². The third-order valence-corrected chi connectivity index (χ3v) is 1.76. The molecule has 0 saturated carbocycles. The molecule has 0 bridgehead atoms. The monoisotopic (exact) mass is 158 g/mol. The minimum Gasteiger partial charge on any atom is -0.320 e. The summed E-state index contributed by atoms with van der Waals surface area (Å²) in [5.41, 5.74) is 0. The summed E-state index contributed by atoms with van der Waals surface area (Å²) in [6, 6.07) is 0.0448. The number of hydrogen-bond donors (Lipinski definition) is 2. The van der Waals surface area contributed by atoms with Crippen LogP contribution >= 0.6 is 0 Å². The first-order chi connectivity index (χ1) is 5.22. The molecule has 1 unspecified atom stereocenters. The molecule has 3 nitrogen and oxygen atoms in total. The van der Waals surface area contributed by atoms with Crippen molar-refractivity contribution in [2.45, 2.75) is 25.8 Å². The van der Waals surface area contributed by atoms with Crippen molar-refractivity contribution in [3.05, 3.63) is 0 Å². The van der Waals surface area contributed by atoms with Crippen LogP contribution in [0.3, 0.4) is 0 Å². The Morgan fingerprint density at radius 1 is 1.45 bits per heavy atom. The Bertz CT molecular complexity index is 115. The van der Waals surface area contributed by atoms with Crippen LogP contribution in [0.5, 0.6) is 0 Å². The Morgan fingerprint density at radius 3 is 2.45 bits per heavy atom. The molecule has 0 saturated heterocycles. The van der Waals surface area contributed by atoms with Crippen LogP contribution in [0.25, 0.3) is 0 Å². The number of carbonyl (C=O) groups is 1. The summed E-state index contributed by atoms with van der Waals surface area (Å²) >= 11 is 0. The van der Waals surface area contributed by atoms with E-state index < -0.39 is 0 Å². The molecule has 1 atom stereocenters. The molecule has 11 heavy (non-hydrogen) atoms. The lowest BCUT2D eigenvalue weighted by atomic mass is 10.1. The normalized spacial score (nSPS) is 13.0. The molecule has 0 heterocycles. The highest BCUT2D eigenvalue weighted by Gasteiger charge is 2.09. The molecule has 0 aliphatic rings. The van der Waals surface area contributed by atoms with Gasteiger partial charge in [-0.25, -0.2) is 0 Å². The Labute approximate surface area is 68.6 Å². The van der Waals surface area contributed by atoms with E-state index in [1.807, 2.05) is 14.1 Å². The lowest BCUT2D eigenvalue weighted by Gasteiger charge is -2.11. The second kappa shape index (κ2) is 6.31. The second-order valence-electron chi connectivity index (χ2n) is 2.70. The summed E-state index contributed by atoms with van der Waals surface area (Å²) in [4.78, 5) is 10.9. The third-order valence-electron chi connectivity index (χ3n) is 1.76. The molecule has 0 aliphatic carbocycles. The Balaban J connectivity index is 3.44. The highest BCUT2D eigenvalue weighted by molar-refractivity contribution is 5.81. The van der Waals surface area contributed by atoms with E-state index in [0.717, 1.165) is 19.4 Å². The lowest BCUT2D eigenvalue weighted by Crippen LogP contribution is -2.32. The van der Waals surface area contributed by atoms with Crippen LogP contribution in [0.2, 0.25) is 0 Å². The first-order valence-electron chi connectivity index (χ1n) is 4.04. The van der Waals surface area contributed by atoms with Crippen LogP contribution in [0.1, 0.15) is 19.8 Å². The maximum atomic E-state index is 10.9. The van der Waals surface area contributed by atoms with Gasteiger partial charge in [-0.1, -0.05) is 0 Å². The zero-order valence-corrected chi connectivity index (χ0v) is 7.61. The predicted octanol–water partition coefficient (Wildman–Crippen LogP) is 0.163. The van der Waals surface area contributed by atoms with Crippen molar-refractivity contribution in [2.24, 2.45) is 0 Å². The summed E-state index contributed by atoms with van der Waals surface area (Å²) in [6.07, 6.45) is 1.97. The van der Waals surface area contributed by atoms with Gasteiger partial charge in [-0.15, -0.1) is 0 Å². The van der Waals surface area contributed by atoms with Gasteiger partial charge in [-0.3, -0.25) is 4.79 Å². The van der Waals surface area contributed by atoms with Gasteiger partial charge >= 0.3 is 0 Å². The van der Waals surface area contributed by atoms with Gasteiger partial charge in [0, 0.05) is 0 Å². The highest BCUT2D eigenvalue weighted by Crippen LogP contribution is 1.96. The highest BCUT2D eigenvalue weighted by atomic mass is 16.1. The van der Waals surface area contributed by atoms with E-state index in [4.69, 9.17) is 0 Å². The third kappa shape index (κ3) is 4.93. The van der Waals surface area contributed by atoms with Gasteiger partial charge in [0.15, 0.2) is 0 Å². The van der Waals surface area contributed by atoms with Gasteiger partial charge in [0.1, 0.15) is 5.78 Å². The van der Waals surface area contributed by atoms with Crippen LogP contribution in [0.4, 0.5) is 0 Å². The minimum atomic E-state index is 0.0448. The molecule has 66 valence electrons. The van der Waals surface area contributed by atoms with Crippen LogP contribution in [0, 0.1) is 0 Å². The second-order valence-corrected chi connectivity index (χ2v) is 2.70. The van der Waals surface area contributed by atoms with E-state index in [2.05, 4.69) is 10.6 Å². The summed E-state index contributed by atoms with van der Waals surface area (Å²) in [5, 5.41) is 6.03. The number of nitrogens with one attached hydrogen (secondary N) is 2. The molecule has 0 spiro atoms. The minimum absolute atomic E-state index is 0.0448. The zero-order valence-electron chi connectivity index (χ0n) is 7.61. The molecule has 0 aliphatic heterocycles. The number of likely N-dealkylation sites (N-methyl/N-ethyl adjacent to an activating group) is 1. The Morgan fingerprint density at radius 2 is 2.09 bits per heavy atom. The first-order valence-corrected chi connectivity index (χ1v) is 4.04. The van der Waals surface area contributed by atoms with Crippen molar-refractivity contribution >= 4 is 5.78 Å². The number of hydrogen-bond acceptors (Lipinski definition) is 3. The van der Waals surface area contributed by atoms with E-state index in [1.165, 1.54) is 0 Å². The summed E-state index contributed by atoms with van der Waals surface area (Å²) in [6.45, 7) is 2.60. The van der Waals surface area contributed by atoms with Gasteiger partial charge in [0.2, 0.25) is 0 Å². The topological polar surface area (TPSA) is 41.1 Å². The Kier molecular flexibility index (Phi) is 6.07. The number of rotatable bonds is 6. The van der Waals surface area contributed by atoms with Gasteiger partial charge < -0.3 is 10.6 Å². The van der Waals surface area contributed by atoms with Crippen molar-refractivity contribution in [1.82, 2.24) is 10.6 Å². The van der Waals surface area contributed by atoms with Crippen LogP contribution in [-0.2, 0) is 4.79 Å². The summed E-state index contributed by atoms with van der Waals surface area (Å²) in [7, 11) is 3.74. The summed E-state index contributed by atoms with van der Waals surface area (Å²) in [5.74, 6) is 0.226. The fourth-order valence-electron chi connectivity index (χ4n) is 1.03. The number of carbonyl (C=O) groups excluding carboxylic acids is 1. The molecule has 0 rings (SSSR count). The maximum absolute atomic E-state index is 10.9. The number of ketones is 1. The fraction of sp³-hybridized carbons (Fsp3) is 0.875. The van der Waals surface area contributed by atoms with E-state index in [0.29, 0.717) is 0 Å². The first kappa shape index (κ1) is 10.6. The summed E-state index contributed by atoms with van der Waals surface area (Å²) < 4.78 is 0. The van der Waals surface area contributed by atoms with Gasteiger partial charge in [0.05, 0.1) is 6.04 Å². The molecule has 0 fully saturated rings. The van der Waals surface area contributed by atoms with Gasteiger partial charge in [0.25, 0.3) is 0 Å². The molecule has 0 aromatic carbocycles. The van der Waals surface area contributed by atoms with E-state index >= 15 is 0 Å². The molecule has 3 heteroatoms. The largest absolute Gasteiger partial charge is 0.320 e. The van der Waals surface area contributed by atoms with E-state index in [-0.39, 0.29) is 11.8 Å². The standard InChI is InChI=1S/C8H18N2O/c1-7(11)8(10-3)5-4-6-9-2/h8-10H,4-6H2,1-3H3. The number of Topliss-reactive ketones (excluding diaryl/α,β-unsaturated/α-hetero) is 1. The van der Waals surface area contributed by atoms with Crippen LogP contribution < -0.4 is 10.6 Å². The zero-order chi connectivity index (χ0) is 8.69. The van der Waals surface area contributed by atoms with Crippen molar-refractivity contribution in [2.75, 3.05) is 20.6 Å². The predicted molar refractivity (Wildman–Crippen MR) is 46.7 cm³/mol. The molecule has 0 aromatic rings. The molecular formula is C8H18N2O. The van der Waals surface area contributed by atoms with E-state index in [9.17, 15) is 4.79 Å². The molecule has 2 N–H and O–H groups in total. The smallest absolute Gasteiger partial charge is 0.146 e. The van der Waals surface area contributed by atoms with E-state index in [1.54, 1.807) is 6.92 Å². The molecule has 0 radical (unpaired) electrons. The average Bonchev–Trinajstić information content (AvgIpc) is 1.97. The van der Waals surface area contributed by atoms with Gasteiger partial charge in [-0.2, -0.15) is 0 Å². The quantitative estimate of drug-likeness (QED) is 0.541. The lowest BCUT2D eigenvalue weighted by molar-refractivity contribution is -0.119. The Hall–Kier alpha value is -0.410. The average molecular weight is 158 g/mol. The van der Waals surface area contributed by atoms with Gasteiger partial charge in [-0.05, 0) is 40.4 Å².